The minimum absolute atomic E-state index is 0.811. The lowest BCUT2D eigenvalue weighted by atomic mass is 9.96. The van der Waals surface area contributed by atoms with Gasteiger partial charge in [-0.2, -0.15) is 0 Å². The molecule has 1 saturated heterocycles. The topological polar surface area (TPSA) is 49.8 Å². The molecule has 3 rings (SSSR count). The molecule has 0 radical (unpaired) electrons. The summed E-state index contributed by atoms with van der Waals surface area (Å²) in [5.41, 5.74) is 0. The average Bonchev–Trinajstić information content (AvgIpc) is 2.89. The Labute approximate surface area is 111 Å². The molecule has 2 aromatic heterocycles. The fourth-order valence-corrected chi connectivity index (χ4v) is 3.23. The van der Waals surface area contributed by atoms with E-state index in [0.717, 1.165) is 28.5 Å². The number of piperidine rings is 1. The summed E-state index contributed by atoms with van der Waals surface area (Å²) in [5, 5.41) is 10.1. The van der Waals surface area contributed by atoms with E-state index in [1.165, 1.54) is 32.4 Å². The highest BCUT2D eigenvalue weighted by Crippen LogP contribution is 2.24. The molecule has 5 heteroatoms. The van der Waals surface area contributed by atoms with Crippen molar-refractivity contribution in [3.63, 3.8) is 0 Å². The zero-order valence-electron chi connectivity index (χ0n) is 10.4. The van der Waals surface area contributed by atoms with E-state index in [-0.39, 0.29) is 0 Å². The van der Waals surface area contributed by atoms with Gasteiger partial charge in [-0.25, -0.2) is 9.97 Å². The summed E-state index contributed by atoms with van der Waals surface area (Å²) in [6.07, 6.45) is 5.52. The van der Waals surface area contributed by atoms with Crippen LogP contribution in [0.3, 0.4) is 0 Å². The van der Waals surface area contributed by atoms with E-state index in [1.54, 1.807) is 17.7 Å². The highest BCUT2D eigenvalue weighted by atomic mass is 32.1. The van der Waals surface area contributed by atoms with Gasteiger partial charge in [0.2, 0.25) is 0 Å². The lowest BCUT2D eigenvalue weighted by Crippen LogP contribution is -2.30. The summed E-state index contributed by atoms with van der Waals surface area (Å²) in [4.78, 5) is 9.65. The van der Waals surface area contributed by atoms with E-state index < -0.39 is 0 Å². The largest absolute Gasteiger partial charge is 0.369 e. The highest BCUT2D eigenvalue weighted by molar-refractivity contribution is 7.16. The van der Waals surface area contributed by atoms with E-state index in [2.05, 4.69) is 32.0 Å². The van der Waals surface area contributed by atoms with E-state index >= 15 is 0 Å². The second-order valence-electron chi connectivity index (χ2n) is 4.79. The first-order chi connectivity index (χ1) is 8.93. The number of anilines is 1. The minimum atomic E-state index is 0.811. The predicted octanol–water partition coefficient (Wildman–Crippen LogP) is 2.49. The van der Waals surface area contributed by atoms with Crippen LogP contribution in [0, 0.1) is 5.92 Å². The molecule has 96 valence electrons. The van der Waals surface area contributed by atoms with Crippen molar-refractivity contribution in [2.45, 2.75) is 19.3 Å². The van der Waals surface area contributed by atoms with Crippen molar-refractivity contribution in [1.29, 1.82) is 0 Å². The number of thiophene rings is 1. The lowest BCUT2D eigenvalue weighted by molar-refractivity contribution is 0.364. The third-order valence-electron chi connectivity index (χ3n) is 3.51. The average molecular weight is 262 g/mol. The number of nitrogens with one attached hydrogen (secondary N) is 2. The minimum Gasteiger partial charge on any atom is -0.369 e. The summed E-state index contributed by atoms with van der Waals surface area (Å²) in [6, 6.07) is 2.09. The van der Waals surface area contributed by atoms with Gasteiger partial charge in [-0.05, 0) is 49.7 Å². The van der Waals surface area contributed by atoms with Gasteiger partial charge in [0.15, 0.2) is 0 Å². The van der Waals surface area contributed by atoms with Crippen molar-refractivity contribution in [1.82, 2.24) is 15.3 Å². The molecule has 0 aromatic carbocycles. The van der Waals surface area contributed by atoms with Crippen molar-refractivity contribution in [2.24, 2.45) is 5.92 Å². The van der Waals surface area contributed by atoms with Crippen molar-refractivity contribution in [3.8, 4) is 0 Å². The normalized spacial score (nSPS) is 20.1. The van der Waals surface area contributed by atoms with Crippen molar-refractivity contribution in [3.05, 3.63) is 17.8 Å². The van der Waals surface area contributed by atoms with Gasteiger partial charge < -0.3 is 10.6 Å². The Morgan fingerprint density at radius 3 is 3.33 bits per heavy atom. The van der Waals surface area contributed by atoms with E-state index in [0.29, 0.717) is 0 Å². The molecule has 1 fully saturated rings. The monoisotopic (exact) mass is 262 g/mol. The van der Waals surface area contributed by atoms with Gasteiger partial charge in [0.05, 0.1) is 5.39 Å². The standard InChI is InChI=1S/C13H18N4S/c1-2-10(8-14-5-1)3-6-15-12-11-4-7-18-13(11)17-9-16-12/h4,7,9-10,14H,1-3,5-6,8H2,(H,15,16,17). The smallest absolute Gasteiger partial charge is 0.138 e. The SMILES string of the molecule is c1nc(NCCC2CCCNC2)c2ccsc2n1. The zero-order chi connectivity index (χ0) is 12.2. The van der Waals surface area contributed by atoms with Crippen LogP contribution in [0.15, 0.2) is 17.8 Å². The first kappa shape index (κ1) is 11.9. The molecule has 3 heterocycles. The lowest BCUT2D eigenvalue weighted by Gasteiger charge is -2.22. The van der Waals surface area contributed by atoms with E-state index in [1.807, 2.05) is 0 Å². The molecule has 0 saturated carbocycles. The molecule has 1 aliphatic heterocycles. The molecule has 0 amide bonds. The molecular weight excluding hydrogens is 244 g/mol. The van der Waals surface area contributed by atoms with Crippen LogP contribution in [0.1, 0.15) is 19.3 Å². The van der Waals surface area contributed by atoms with Gasteiger partial charge >= 0.3 is 0 Å². The number of aromatic nitrogens is 2. The second kappa shape index (κ2) is 5.63. The van der Waals surface area contributed by atoms with Crippen LogP contribution in [-0.2, 0) is 0 Å². The molecule has 0 aliphatic carbocycles. The molecule has 4 nitrogen and oxygen atoms in total. The number of fused-ring (bicyclic) bond motifs is 1. The van der Waals surface area contributed by atoms with Crippen LogP contribution in [0.2, 0.25) is 0 Å². The van der Waals surface area contributed by atoms with Crippen LogP contribution in [-0.4, -0.2) is 29.6 Å². The van der Waals surface area contributed by atoms with Gasteiger partial charge in [-0.3, -0.25) is 0 Å². The first-order valence-electron chi connectivity index (χ1n) is 6.56. The number of nitrogens with zero attached hydrogens (tertiary/aromatic N) is 2. The summed E-state index contributed by atoms with van der Waals surface area (Å²) < 4.78 is 0. The van der Waals surface area contributed by atoms with Crippen molar-refractivity contribution < 1.29 is 0 Å². The summed E-state index contributed by atoms with van der Waals surface area (Å²) in [5.74, 6) is 1.79. The summed E-state index contributed by atoms with van der Waals surface area (Å²) in [6.45, 7) is 3.35. The second-order valence-corrected chi connectivity index (χ2v) is 5.68. The van der Waals surface area contributed by atoms with Gasteiger partial charge in [-0.1, -0.05) is 0 Å². The number of hydrogen-bond donors (Lipinski definition) is 2. The predicted molar refractivity (Wildman–Crippen MR) is 76.1 cm³/mol. The first-order valence-corrected chi connectivity index (χ1v) is 7.44. The maximum atomic E-state index is 4.33. The third kappa shape index (κ3) is 2.62. The molecule has 18 heavy (non-hydrogen) atoms. The summed E-state index contributed by atoms with van der Waals surface area (Å²) in [7, 11) is 0. The third-order valence-corrected chi connectivity index (χ3v) is 4.33. The van der Waals surface area contributed by atoms with Gasteiger partial charge in [0.1, 0.15) is 17.0 Å². The maximum Gasteiger partial charge on any atom is 0.138 e. The number of hydrogen-bond acceptors (Lipinski definition) is 5. The quantitative estimate of drug-likeness (QED) is 0.889. The molecule has 1 unspecified atom stereocenters. The highest BCUT2D eigenvalue weighted by Gasteiger charge is 2.12. The molecule has 1 atom stereocenters. The fraction of sp³-hybridized carbons (Fsp3) is 0.538. The van der Waals surface area contributed by atoms with Crippen LogP contribution in [0.5, 0.6) is 0 Å². The van der Waals surface area contributed by atoms with Gasteiger partial charge in [-0.15, -0.1) is 11.3 Å². The Bertz CT molecular complexity index is 504. The molecule has 0 bridgehead atoms. The van der Waals surface area contributed by atoms with Gasteiger partial charge in [0.25, 0.3) is 0 Å². The van der Waals surface area contributed by atoms with Crippen LogP contribution >= 0.6 is 11.3 Å². The van der Waals surface area contributed by atoms with E-state index in [4.69, 9.17) is 0 Å². The zero-order valence-corrected chi connectivity index (χ0v) is 11.2. The Morgan fingerprint density at radius 2 is 2.44 bits per heavy atom. The van der Waals surface area contributed by atoms with E-state index in [9.17, 15) is 0 Å². The van der Waals surface area contributed by atoms with Crippen molar-refractivity contribution >= 4 is 27.4 Å². The Hall–Kier alpha value is -1.20. The molecule has 1 aliphatic rings. The molecular formula is C13H18N4S. The Morgan fingerprint density at radius 1 is 1.44 bits per heavy atom. The Balaban J connectivity index is 1.57. The molecule has 2 aromatic rings. The van der Waals surface area contributed by atoms with Crippen LogP contribution < -0.4 is 10.6 Å². The number of rotatable bonds is 4. The molecule has 2 N–H and O–H groups in total. The van der Waals surface area contributed by atoms with Crippen LogP contribution in [0.25, 0.3) is 10.2 Å². The van der Waals surface area contributed by atoms with Crippen molar-refractivity contribution in [2.75, 3.05) is 25.0 Å². The van der Waals surface area contributed by atoms with Crippen LogP contribution in [0.4, 0.5) is 5.82 Å². The van der Waals surface area contributed by atoms with Gasteiger partial charge in [0, 0.05) is 6.54 Å². The fourth-order valence-electron chi connectivity index (χ4n) is 2.50. The Kier molecular flexibility index (Phi) is 3.71. The summed E-state index contributed by atoms with van der Waals surface area (Å²) >= 11 is 1.66. The maximum absolute atomic E-state index is 4.33. The molecule has 0 spiro atoms.